The number of benzene rings is 1. The molecule has 0 radical (unpaired) electrons. The lowest BCUT2D eigenvalue weighted by Gasteiger charge is -2.32. The van der Waals surface area contributed by atoms with Crippen molar-refractivity contribution in [1.82, 2.24) is 0 Å². The fraction of sp³-hybridized carbons (Fsp3) is 0.600. The molecule has 3 N–H and O–H groups in total. The quantitative estimate of drug-likeness (QED) is 0.738. The van der Waals surface area contributed by atoms with E-state index >= 15 is 0 Å². The van der Waals surface area contributed by atoms with Crippen molar-refractivity contribution < 1.29 is 9.50 Å². The van der Waals surface area contributed by atoms with Crippen LogP contribution in [-0.2, 0) is 5.41 Å². The van der Waals surface area contributed by atoms with Crippen LogP contribution in [-0.4, -0.2) is 5.11 Å². The molecule has 0 spiro atoms. The number of anilines is 1. The monoisotopic (exact) mass is 251 g/mol. The van der Waals surface area contributed by atoms with Crippen molar-refractivity contribution in [2.45, 2.75) is 57.3 Å². The summed E-state index contributed by atoms with van der Waals surface area (Å²) in [6.45, 7) is 2.13. The number of rotatable bonds is 1. The zero-order valence-electron chi connectivity index (χ0n) is 11.0. The highest BCUT2D eigenvalue weighted by molar-refractivity contribution is 5.51. The van der Waals surface area contributed by atoms with Gasteiger partial charge in [0.1, 0.15) is 11.6 Å². The molecule has 0 amide bonds. The van der Waals surface area contributed by atoms with Gasteiger partial charge in [0.2, 0.25) is 0 Å². The Bertz CT molecular complexity index is 423. The van der Waals surface area contributed by atoms with E-state index < -0.39 is 5.82 Å². The third-order valence-electron chi connectivity index (χ3n) is 4.22. The van der Waals surface area contributed by atoms with Gasteiger partial charge < -0.3 is 10.8 Å². The highest BCUT2D eigenvalue weighted by Gasteiger charge is 2.30. The Hall–Kier alpha value is -1.25. The summed E-state index contributed by atoms with van der Waals surface area (Å²) >= 11 is 0. The van der Waals surface area contributed by atoms with Crippen LogP contribution < -0.4 is 5.73 Å². The van der Waals surface area contributed by atoms with Gasteiger partial charge >= 0.3 is 0 Å². The Kier molecular flexibility index (Phi) is 3.79. The van der Waals surface area contributed by atoms with Crippen LogP contribution in [0.5, 0.6) is 5.75 Å². The maximum Gasteiger partial charge on any atom is 0.146 e. The van der Waals surface area contributed by atoms with Crippen LogP contribution in [0.1, 0.15) is 57.4 Å². The second-order valence-electron chi connectivity index (χ2n) is 5.72. The molecule has 0 heterocycles. The van der Waals surface area contributed by atoms with Crippen LogP contribution in [0, 0.1) is 5.82 Å². The average molecular weight is 251 g/mol. The van der Waals surface area contributed by atoms with E-state index in [-0.39, 0.29) is 16.9 Å². The number of hydrogen-bond donors (Lipinski definition) is 2. The van der Waals surface area contributed by atoms with Crippen LogP contribution in [0.15, 0.2) is 12.1 Å². The maximum absolute atomic E-state index is 13.6. The van der Waals surface area contributed by atoms with E-state index in [2.05, 4.69) is 6.92 Å². The topological polar surface area (TPSA) is 46.2 Å². The van der Waals surface area contributed by atoms with Crippen molar-refractivity contribution >= 4 is 5.69 Å². The van der Waals surface area contributed by atoms with Crippen molar-refractivity contribution in [3.05, 3.63) is 23.5 Å². The van der Waals surface area contributed by atoms with E-state index in [1.165, 1.54) is 31.4 Å². The van der Waals surface area contributed by atoms with Gasteiger partial charge in [0.05, 0.1) is 5.69 Å². The summed E-state index contributed by atoms with van der Waals surface area (Å²) in [5, 5.41) is 10.0. The van der Waals surface area contributed by atoms with Crippen molar-refractivity contribution in [3.63, 3.8) is 0 Å². The first kappa shape index (κ1) is 13.2. The highest BCUT2D eigenvalue weighted by Crippen LogP contribution is 2.42. The summed E-state index contributed by atoms with van der Waals surface area (Å²) in [6, 6.07) is 2.76. The summed E-state index contributed by atoms with van der Waals surface area (Å²) in [6.07, 6.45) is 8.04. The van der Waals surface area contributed by atoms with Crippen molar-refractivity contribution in [3.8, 4) is 5.75 Å². The van der Waals surface area contributed by atoms with Crippen molar-refractivity contribution in [2.24, 2.45) is 0 Å². The first-order chi connectivity index (χ1) is 8.53. The number of nitrogens with two attached hydrogens (primary N) is 1. The van der Waals surface area contributed by atoms with Crippen LogP contribution >= 0.6 is 0 Å². The van der Waals surface area contributed by atoms with E-state index in [1.54, 1.807) is 0 Å². The number of phenolic OH excluding ortho intramolecular Hbond substituents is 1. The summed E-state index contributed by atoms with van der Waals surface area (Å²) in [5.41, 5.74) is 6.09. The van der Waals surface area contributed by atoms with E-state index in [0.29, 0.717) is 0 Å². The van der Waals surface area contributed by atoms with Crippen LogP contribution in [0.25, 0.3) is 0 Å². The van der Waals surface area contributed by atoms with Gasteiger partial charge in [0.15, 0.2) is 0 Å². The molecule has 1 aliphatic carbocycles. The number of nitrogen functional groups attached to an aromatic ring is 1. The van der Waals surface area contributed by atoms with Gasteiger partial charge in [-0.25, -0.2) is 4.39 Å². The normalized spacial score (nSPS) is 20.1. The molecular weight excluding hydrogens is 229 g/mol. The van der Waals surface area contributed by atoms with Gasteiger partial charge in [-0.1, -0.05) is 39.0 Å². The SMILES string of the molecule is CC1(c2cc(F)c(N)cc2O)CCCCCCC1. The lowest BCUT2D eigenvalue weighted by atomic mass is 9.72. The molecule has 1 aromatic rings. The Labute approximate surface area is 108 Å². The zero-order chi connectivity index (χ0) is 13.2. The number of hydrogen-bond acceptors (Lipinski definition) is 2. The summed E-state index contributed by atoms with van der Waals surface area (Å²) in [5.74, 6) is -0.289. The first-order valence-corrected chi connectivity index (χ1v) is 6.81. The number of halogens is 1. The molecule has 0 aliphatic heterocycles. The smallest absolute Gasteiger partial charge is 0.146 e. The molecule has 1 fully saturated rings. The van der Waals surface area contributed by atoms with E-state index in [4.69, 9.17) is 5.73 Å². The minimum Gasteiger partial charge on any atom is -0.508 e. The minimum atomic E-state index is -0.425. The number of phenols is 1. The Balaban J connectivity index is 2.35. The molecule has 1 aliphatic rings. The average Bonchev–Trinajstić information content (AvgIpc) is 2.29. The Morgan fingerprint density at radius 1 is 1.11 bits per heavy atom. The number of aromatic hydroxyl groups is 1. The Morgan fingerprint density at radius 3 is 2.28 bits per heavy atom. The Morgan fingerprint density at radius 2 is 1.67 bits per heavy atom. The second kappa shape index (κ2) is 5.17. The van der Waals surface area contributed by atoms with Crippen LogP contribution in [0.2, 0.25) is 0 Å². The van der Waals surface area contributed by atoms with Gasteiger partial charge in [-0.2, -0.15) is 0 Å². The zero-order valence-corrected chi connectivity index (χ0v) is 11.0. The summed E-state index contributed by atoms with van der Waals surface area (Å²) in [4.78, 5) is 0. The molecule has 2 nitrogen and oxygen atoms in total. The molecule has 0 aromatic heterocycles. The van der Waals surface area contributed by atoms with E-state index in [0.717, 1.165) is 31.2 Å². The molecular formula is C15H22FNO. The van der Waals surface area contributed by atoms with Gasteiger partial charge in [0.25, 0.3) is 0 Å². The van der Waals surface area contributed by atoms with Crippen LogP contribution in [0.3, 0.4) is 0 Å². The van der Waals surface area contributed by atoms with E-state index in [9.17, 15) is 9.50 Å². The van der Waals surface area contributed by atoms with Gasteiger partial charge in [-0.05, 0) is 24.3 Å². The molecule has 1 aromatic carbocycles. The predicted molar refractivity (Wildman–Crippen MR) is 72.1 cm³/mol. The molecule has 18 heavy (non-hydrogen) atoms. The van der Waals surface area contributed by atoms with Crippen LogP contribution in [0.4, 0.5) is 10.1 Å². The molecule has 0 atom stereocenters. The third-order valence-corrected chi connectivity index (χ3v) is 4.22. The third kappa shape index (κ3) is 2.60. The van der Waals surface area contributed by atoms with Gasteiger partial charge in [-0.3, -0.25) is 0 Å². The molecule has 100 valence electrons. The molecule has 0 unspecified atom stereocenters. The second-order valence-corrected chi connectivity index (χ2v) is 5.72. The molecule has 0 saturated heterocycles. The summed E-state index contributed by atoms with van der Waals surface area (Å²) < 4.78 is 13.6. The lowest BCUT2D eigenvalue weighted by molar-refractivity contribution is 0.326. The molecule has 0 bridgehead atoms. The fourth-order valence-corrected chi connectivity index (χ4v) is 3.02. The molecule has 2 rings (SSSR count). The highest BCUT2D eigenvalue weighted by atomic mass is 19.1. The standard InChI is InChI=1S/C15H22FNO/c1-15(7-5-3-2-4-6-8-15)11-9-12(16)13(17)10-14(11)18/h9-10,18H,2-8,17H2,1H3. The van der Waals surface area contributed by atoms with Gasteiger partial charge in [-0.15, -0.1) is 0 Å². The fourth-order valence-electron chi connectivity index (χ4n) is 3.02. The van der Waals surface area contributed by atoms with Crippen molar-refractivity contribution in [2.75, 3.05) is 5.73 Å². The lowest BCUT2D eigenvalue weighted by Crippen LogP contribution is -2.23. The summed E-state index contributed by atoms with van der Waals surface area (Å²) in [7, 11) is 0. The maximum atomic E-state index is 13.6. The van der Waals surface area contributed by atoms with E-state index in [1.807, 2.05) is 0 Å². The predicted octanol–water partition coefficient (Wildman–Crippen LogP) is 4.12. The van der Waals surface area contributed by atoms with Crippen molar-refractivity contribution in [1.29, 1.82) is 0 Å². The molecule has 3 heteroatoms. The first-order valence-electron chi connectivity index (χ1n) is 6.81. The molecule has 1 saturated carbocycles. The minimum absolute atomic E-state index is 0.0192. The van der Waals surface area contributed by atoms with Gasteiger partial charge in [0, 0.05) is 11.6 Å². The largest absolute Gasteiger partial charge is 0.508 e.